The molecule has 0 bridgehead atoms. The fraction of sp³-hybridized carbons (Fsp3) is 0.308. The molecule has 1 aromatic rings. The first kappa shape index (κ1) is 12.3. The van der Waals surface area contributed by atoms with Crippen LogP contribution in [0.15, 0.2) is 34.8 Å². The van der Waals surface area contributed by atoms with E-state index in [4.69, 9.17) is 5.73 Å². The predicted molar refractivity (Wildman–Crippen MR) is 72.7 cm³/mol. The van der Waals surface area contributed by atoms with E-state index in [1.165, 1.54) is 0 Å². The number of rotatable bonds is 2. The molecule has 1 aromatic carbocycles. The maximum absolute atomic E-state index is 12.0. The first-order chi connectivity index (χ1) is 8.08. The molecule has 17 heavy (non-hydrogen) atoms. The van der Waals surface area contributed by atoms with Crippen LogP contribution >= 0.6 is 15.9 Å². The first-order valence-electron chi connectivity index (χ1n) is 5.58. The van der Waals surface area contributed by atoms with E-state index in [-0.39, 0.29) is 17.9 Å². The molecule has 1 amide bonds. The topological polar surface area (TPSA) is 55.1 Å². The Kier molecular flexibility index (Phi) is 3.64. The minimum absolute atomic E-state index is 0.00866. The van der Waals surface area contributed by atoms with Crippen LogP contribution < -0.4 is 11.1 Å². The van der Waals surface area contributed by atoms with Crippen LogP contribution in [0.25, 0.3) is 0 Å². The van der Waals surface area contributed by atoms with Gasteiger partial charge in [0.25, 0.3) is 0 Å². The van der Waals surface area contributed by atoms with E-state index >= 15 is 0 Å². The zero-order chi connectivity index (χ0) is 12.4. The second-order valence-corrected chi connectivity index (χ2v) is 5.15. The lowest BCUT2D eigenvalue weighted by Gasteiger charge is -2.13. The van der Waals surface area contributed by atoms with Gasteiger partial charge in [0.05, 0.1) is 5.92 Å². The number of carbonyl (C=O) groups excluding carboxylic acids is 1. The van der Waals surface area contributed by atoms with Crippen molar-refractivity contribution >= 4 is 27.5 Å². The SMILES string of the molecule is Cc1c(Br)cccc1NC(=O)C1C=CC(N)C1. The fourth-order valence-corrected chi connectivity index (χ4v) is 2.26. The standard InChI is InChI=1S/C13H15BrN2O/c1-8-11(14)3-2-4-12(8)16-13(17)9-5-6-10(15)7-9/h2-6,9-10H,7,15H2,1H3,(H,16,17). The highest BCUT2D eigenvalue weighted by Gasteiger charge is 2.23. The zero-order valence-corrected chi connectivity index (χ0v) is 11.2. The number of amides is 1. The van der Waals surface area contributed by atoms with E-state index in [0.29, 0.717) is 6.42 Å². The fourth-order valence-electron chi connectivity index (χ4n) is 1.89. The van der Waals surface area contributed by atoms with Crippen LogP contribution in [0.2, 0.25) is 0 Å². The van der Waals surface area contributed by atoms with Crippen molar-refractivity contribution in [1.82, 2.24) is 0 Å². The molecule has 1 aliphatic carbocycles. The normalized spacial score (nSPS) is 22.8. The smallest absolute Gasteiger partial charge is 0.231 e. The number of benzene rings is 1. The van der Waals surface area contributed by atoms with E-state index in [9.17, 15) is 4.79 Å². The number of nitrogens with one attached hydrogen (secondary N) is 1. The predicted octanol–water partition coefficient (Wildman–Crippen LogP) is 2.60. The molecule has 2 rings (SSSR count). The molecule has 3 N–H and O–H groups in total. The Morgan fingerprint density at radius 2 is 2.24 bits per heavy atom. The van der Waals surface area contributed by atoms with Gasteiger partial charge >= 0.3 is 0 Å². The molecule has 2 unspecified atom stereocenters. The molecule has 4 heteroatoms. The summed E-state index contributed by atoms with van der Waals surface area (Å²) in [6.45, 7) is 1.97. The lowest BCUT2D eigenvalue weighted by molar-refractivity contribution is -0.118. The number of carbonyl (C=O) groups is 1. The van der Waals surface area contributed by atoms with Crippen molar-refractivity contribution in [2.45, 2.75) is 19.4 Å². The Morgan fingerprint density at radius 1 is 1.47 bits per heavy atom. The van der Waals surface area contributed by atoms with Crippen molar-refractivity contribution in [2.75, 3.05) is 5.32 Å². The highest BCUT2D eigenvalue weighted by atomic mass is 79.9. The molecule has 0 heterocycles. The monoisotopic (exact) mass is 294 g/mol. The van der Waals surface area contributed by atoms with E-state index < -0.39 is 0 Å². The lowest BCUT2D eigenvalue weighted by Crippen LogP contribution is -2.24. The van der Waals surface area contributed by atoms with E-state index in [1.54, 1.807) is 0 Å². The number of hydrogen-bond donors (Lipinski definition) is 2. The molecule has 3 nitrogen and oxygen atoms in total. The van der Waals surface area contributed by atoms with Crippen molar-refractivity contribution in [3.8, 4) is 0 Å². The molecule has 0 aromatic heterocycles. The summed E-state index contributed by atoms with van der Waals surface area (Å²) in [5.74, 6) is -0.0984. The van der Waals surface area contributed by atoms with Crippen LogP contribution in [0.5, 0.6) is 0 Å². The highest BCUT2D eigenvalue weighted by Crippen LogP contribution is 2.25. The molecular formula is C13H15BrN2O. The number of nitrogens with two attached hydrogens (primary N) is 1. The Morgan fingerprint density at radius 3 is 2.88 bits per heavy atom. The van der Waals surface area contributed by atoms with Crippen molar-refractivity contribution in [3.05, 3.63) is 40.4 Å². The summed E-state index contributed by atoms with van der Waals surface area (Å²) in [4.78, 5) is 12.0. The number of halogens is 1. The molecule has 0 saturated carbocycles. The van der Waals surface area contributed by atoms with Gasteiger partial charge in [0.2, 0.25) is 5.91 Å². The number of hydrogen-bond acceptors (Lipinski definition) is 2. The molecule has 1 aliphatic rings. The summed E-state index contributed by atoms with van der Waals surface area (Å²) in [7, 11) is 0. The summed E-state index contributed by atoms with van der Waals surface area (Å²) in [6, 6.07) is 5.77. The molecule has 0 aliphatic heterocycles. The maximum atomic E-state index is 12.0. The van der Waals surface area contributed by atoms with Gasteiger partial charge in [-0.2, -0.15) is 0 Å². The third-order valence-corrected chi connectivity index (χ3v) is 3.84. The van der Waals surface area contributed by atoms with Crippen LogP contribution in [0.3, 0.4) is 0 Å². The zero-order valence-electron chi connectivity index (χ0n) is 9.61. The van der Waals surface area contributed by atoms with Gasteiger partial charge in [-0.15, -0.1) is 0 Å². The van der Waals surface area contributed by atoms with Gasteiger partial charge in [-0.25, -0.2) is 0 Å². The summed E-state index contributed by atoms with van der Waals surface area (Å²) >= 11 is 3.44. The summed E-state index contributed by atoms with van der Waals surface area (Å²) in [5, 5.41) is 2.94. The second kappa shape index (κ2) is 5.02. The largest absolute Gasteiger partial charge is 0.325 e. The average molecular weight is 295 g/mol. The molecule has 0 spiro atoms. The first-order valence-corrected chi connectivity index (χ1v) is 6.37. The van der Waals surface area contributed by atoms with Crippen molar-refractivity contribution in [1.29, 1.82) is 0 Å². The van der Waals surface area contributed by atoms with Gasteiger partial charge in [0.15, 0.2) is 0 Å². The average Bonchev–Trinajstić information content (AvgIpc) is 2.72. The van der Waals surface area contributed by atoms with Gasteiger partial charge in [-0.05, 0) is 31.0 Å². The third-order valence-electron chi connectivity index (χ3n) is 2.98. The lowest BCUT2D eigenvalue weighted by atomic mass is 10.1. The number of anilines is 1. The Balaban J connectivity index is 2.09. The van der Waals surface area contributed by atoms with E-state index in [0.717, 1.165) is 15.7 Å². The van der Waals surface area contributed by atoms with Crippen LogP contribution in [-0.2, 0) is 4.79 Å². The van der Waals surface area contributed by atoms with Crippen molar-refractivity contribution in [2.24, 2.45) is 11.7 Å². The van der Waals surface area contributed by atoms with E-state index in [2.05, 4.69) is 21.2 Å². The van der Waals surface area contributed by atoms with Crippen LogP contribution in [0, 0.1) is 12.8 Å². The van der Waals surface area contributed by atoms with Gasteiger partial charge in [-0.3, -0.25) is 4.79 Å². The van der Waals surface area contributed by atoms with Gasteiger partial charge in [-0.1, -0.05) is 34.1 Å². The Hall–Kier alpha value is -1.13. The Bertz CT molecular complexity index is 470. The minimum atomic E-state index is -0.108. The summed E-state index contributed by atoms with van der Waals surface area (Å²) in [6.07, 6.45) is 4.46. The van der Waals surface area contributed by atoms with Gasteiger partial charge in [0.1, 0.15) is 0 Å². The second-order valence-electron chi connectivity index (χ2n) is 4.29. The molecule has 0 radical (unpaired) electrons. The summed E-state index contributed by atoms with van der Waals surface area (Å²) < 4.78 is 0.994. The summed E-state index contributed by atoms with van der Waals surface area (Å²) in [5.41, 5.74) is 7.62. The molecule has 90 valence electrons. The molecule has 2 atom stereocenters. The highest BCUT2D eigenvalue weighted by molar-refractivity contribution is 9.10. The van der Waals surface area contributed by atoms with Crippen molar-refractivity contribution < 1.29 is 4.79 Å². The van der Waals surface area contributed by atoms with Gasteiger partial charge < -0.3 is 11.1 Å². The van der Waals surface area contributed by atoms with Crippen LogP contribution in [0.1, 0.15) is 12.0 Å². The third kappa shape index (κ3) is 2.76. The van der Waals surface area contributed by atoms with Gasteiger partial charge in [0, 0.05) is 16.2 Å². The molecule has 0 fully saturated rings. The van der Waals surface area contributed by atoms with E-state index in [1.807, 2.05) is 37.3 Å². The van der Waals surface area contributed by atoms with Crippen LogP contribution in [0.4, 0.5) is 5.69 Å². The minimum Gasteiger partial charge on any atom is -0.325 e. The molecular weight excluding hydrogens is 280 g/mol. The Labute approximate surface area is 109 Å². The molecule has 0 saturated heterocycles. The van der Waals surface area contributed by atoms with Crippen LogP contribution in [-0.4, -0.2) is 11.9 Å². The quantitative estimate of drug-likeness (QED) is 0.824. The maximum Gasteiger partial charge on any atom is 0.231 e. The van der Waals surface area contributed by atoms with Crippen molar-refractivity contribution in [3.63, 3.8) is 0 Å².